The molecule has 3 aromatic carbocycles. The fraction of sp³-hybridized carbons (Fsp3) is 0.192. The van der Waals surface area contributed by atoms with E-state index in [0.29, 0.717) is 11.1 Å². The van der Waals surface area contributed by atoms with Gasteiger partial charge < -0.3 is 44.2 Å². The number of aliphatic hydroxyl groups is 2. The predicted molar refractivity (Wildman–Crippen MR) is 129 cm³/mol. The van der Waals surface area contributed by atoms with E-state index in [1.807, 2.05) is 0 Å². The Balaban J connectivity index is 1.75. The average molecular weight is 496 g/mol. The van der Waals surface area contributed by atoms with E-state index in [4.69, 9.17) is 18.6 Å². The van der Waals surface area contributed by atoms with Crippen LogP contribution < -0.4 is 19.6 Å². The summed E-state index contributed by atoms with van der Waals surface area (Å²) in [5.41, 5.74) is 0.216. The first-order chi connectivity index (χ1) is 17.2. The van der Waals surface area contributed by atoms with Crippen molar-refractivity contribution in [2.24, 2.45) is 0 Å². The molecule has 4 aromatic rings. The lowest BCUT2D eigenvalue weighted by molar-refractivity contribution is -0.00164. The average Bonchev–Trinajstić information content (AvgIpc) is 2.86. The van der Waals surface area contributed by atoms with Gasteiger partial charge in [-0.1, -0.05) is 12.1 Å². The van der Waals surface area contributed by atoms with Crippen molar-refractivity contribution >= 4 is 11.0 Å². The van der Waals surface area contributed by atoms with E-state index in [-0.39, 0.29) is 45.5 Å². The van der Waals surface area contributed by atoms with Crippen LogP contribution in [0.4, 0.5) is 0 Å². The van der Waals surface area contributed by atoms with Gasteiger partial charge in [-0.15, -0.1) is 0 Å². The zero-order chi connectivity index (χ0) is 26.0. The van der Waals surface area contributed by atoms with Gasteiger partial charge in [-0.3, -0.25) is 4.79 Å². The second-order valence-electron chi connectivity index (χ2n) is 7.90. The molecule has 0 bridgehead atoms. The highest BCUT2D eigenvalue weighted by molar-refractivity contribution is 5.86. The Morgan fingerprint density at radius 2 is 1.53 bits per heavy atom. The van der Waals surface area contributed by atoms with Gasteiger partial charge in [-0.2, -0.15) is 0 Å². The van der Waals surface area contributed by atoms with Gasteiger partial charge in [0.1, 0.15) is 40.1 Å². The van der Waals surface area contributed by atoms with Crippen LogP contribution in [0.1, 0.15) is 11.7 Å². The molecule has 0 saturated heterocycles. The fourth-order valence-corrected chi connectivity index (χ4v) is 3.77. The van der Waals surface area contributed by atoms with Gasteiger partial charge in [0, 0.05) is 23.8 Å². The number of aromatic hydroxyl groups is 3. The minimum atomic E-state index is -1.25. The number of phenolic OH excluding ortho intramolecular Hbond substituents is 3. The number of phenols is 3. The topological polar surface area (TPSA) is 159 Å². The number of aliphatic hydroxyl groups excluding tert-OH is 2. The van der Waals surface area contributed by atoms with Crippen LogP contribution in [0, 0.1) is 0 Å². The van der Waals surface area contributed by atoms with Gasteiger partial charge in [0.15, 0.2) is 23.0 Å². The number of rotatable bonds is 8. The number of ether oxygens (including phenoxy) is 3. The van der Waals surface area contributed by atoms with Gasteiger partial charge in [-0.25, -0.2) is 0 Å². The van der Waals surface area contributed by atoms with Gasteiger partial charge in [-0.05, 0) is 29.8 Å². The SMILES string of the molecule is COc1cc(-c2cc(=O)c3c(O)cc(O)cc3o2)cc(OC)c1O[C@@H](CO)[C@H](O)c1ccc(O)cc1. The van der Waals surface area contributed by atoms with E-state index in [2.05, 4.69) is 0 Å². The Morgan fingerprint density at radius 1 is 0.889 bits per heavy atom. The lowest BCUT2D eigenvalue weighted by Gasteiger charge is -2.25. The lowest BCUT2D eigenvalue weighted by Crippen LogP contribution is -2.29. The third kappa shape index (κ3) is 4.72. The summed E-state index contributed by atoms with van der Waals surface area (Å²) in [7, 11) is 2.75. The number of benzene rings is 3. The molecule has 36 heavy (non-hydrogen) atoms. The molecule has 0 spiro atoms. The number of hydrogen-bond donors (Lipinski definition) is 5. The van der Waals surface area contributed by atoms with Crippen LogP contribution in [-0.2, 0) is 0 Å². The largest absolute Gasteiger partial charge is 0.508 e. The highest BCUT2D eigenvalue weighted by Gasteiger charge is 2.26. The van der Waals surface area contributed by atoms with Crippen molar-refractivity contribution in [1.29, 1.82) is 0 Å². The van der Waals surface area contributed by atoms with Crippen molar-refractivity contribution in [3.63, 3.8) is 0 Å². The van der Waals surface area contributed by atoms with Gasteiger partial charge in [0.2, 0.25) is 5.75 Å². The van der Waals surface area contributed by atoms with E-state index in [1.54, 1.807) is 0 Å². The Hall–Kier alpha value is -4.41. The molecule has 10 heteroatoms. The molecular formula is C26H24O10. The molecule has 0 amide bonds. The van der Waals surface area contributed by atoms with Crippen LogP contribution in [0.25, 0.3) is 22.3 Å². The molecule has 5 N–H and O–H groups in total. The quantitative estimate of drug-likeness (QED) is 0.245. The summed E-state index contributed by atoms with van der Waals surface area (Å²) in [5.74, 6) is -0.169. The summed E-state index contributed by atoms with van der Waals surface area (Å²) < 4.78 is 22.6. The maximum Gasteiger partial charge on any atom is 0.204 e. The minimum Gasteiger partial charge on any atom is -0.508 e. The summed E-state index contributed by atoms with van der Waals surface area (Å²) in [6, 6.07) is 12.3. The smallest absolute Gasteiger partial charge is 0.204 e. The van der Waals surface area contributed by atoms with Crippen molar-refractivity contribution in [3.8, 4) is 45.8 Å². The molecule has 0 fully saturated rings. The molecule has 0 aliphatic rings. The van der Waals surface area contributed by atoms with Gasteiger partial charge in [0.25, 0.3) is 0 Å². The van der Waals surface area contributed by atoms with Crippen LogP contribution in [0.15, 0.2) is 63.8 Å². The summed E-state index contributed by atoms with van der Waals surface area (Å²) in [6.07, 6.45) is -2.36. The maximum absolute atomic E-state index is 12.6. The molecule has 0 saturated carbocycles. The fourth-order valence-electron chi connectivity index (χ4n) is 3.77. The molecule has 10 nitrogen and oxygen atoms in total. The van der Waals surface area contributed by atoms with E-state index in [0.717, 1.165) is 6.07 Å². The zero-order valence-corrected chi connectivity index (χ0v) is 19.3. The molecule has 0 radical (unpaired) electrons. The molecule has 188 valence electrons. The van der Waals surface area contributed by atoms with E-state index in [1.165, 1.54) is 62.8 Å². The van der Waals surface area contributed by atoms with Crippen LogP contribution in [-0.4, -0.2) is 52.5 Å². The van der Waals surface area contributed by atoms with Crippen LogP contribution in [0.5, 0.6) is 34.5 Å². The Kier molecular flexibility index (Phi) is 6.91. The third-order valence-corrected chi connectivity index (χ3v) is 5.58. The molecule has 0 aliphatic heterocycles. The lowest BCUT2D eigenvalue weighted by atomic mass is 10.0. The van der Waals surface area contributed by atoms with Crippen molar-refractivity contribution in [2.75, 3.05) is 20.8 Å². The van der Waals surface area contributed by atoms with Crippen LogP contribution >= 0.6 is 0 Å². The third-order valence-electron chi connectivity index (χ3n) is 5.58. The van der Waals surface area contributed by atoms with E-state index >= 15 is 0 Å². The van der Waals surface area contributed by atoms with Crippen molar-refractivity contribution in [3.05, 3.63) is 70.4 Å². The molecular weight excluding hydrogens is 472 g/mol. The predicted octanol–water partition coefficient (Wildman–Crippen LogP) is 3.07. The highest BCUT2D eigenvalue weighted by Crippen LogP contribution is 2.43. The Labute approximate surface area is 204 Å². The first-order valence-corrected chi connectivity index (χ1v) is 10.8. The molecule has 1 aromatic heterocycles. The van der Waals surface area contributed by atoms with E-state index in [9.17, 15) is 30.3 Å². The highest BCUT2D eigenvalue weighted by atomic mass is 16.6. The Bertz CT molecular complexity index is 1420. The minimum absolute atomic E-state index is 0.0226. The summed E-state index contributed by atoms with van der Waals surface area (Å²) in [4.78, 5) is 12.6. The summed E-state index contributed by atoms with van der Waals surface area (Å²) in [5, 5.41) is 49.8. The second-order valence-corrected chi connectivity index (χ2v) is 7.90. The maximum atomic E-state index is 12.6. The van der Waals surface area contributed by atoms with E-state index < -0.39 is 30.0 Å². The van der Waals surface area contributed by atoms with Crippen LogP contribution in [0.2, 0.25) is 0 Å². The van der Waals surface area contributed by atoms with Crippen molar-refractivity contribution in [1.82, 2.24) is 0 Å². The van der Waals surface area contributed by atoms with Crippen LogP contribution in [0.3, 0.4) is 0 Å². The molecule has 4 rings (SSSR count). The zero-order valence-electron chi connectivity index (χ0n) is 19.3. The second kappa shape index (κ2) is 10.1. The molecule has 1 heterocycles. The van der Waals surface area contributed by atoms with Crippen molar-refractivity contribution in [2.45, 2.75) is 12.2 Å². The number of fused-ring (bicyclic) bond motifs is 1. The number of hydrogen-bond acceptors (Lipinski definition) is 10. The number of methoxy groups -OCH3 is 2. The first kappa shape index (κ1) is 24.7. The summed E-state index contributed by atoms with van der Waals surface area (Å²) in [6.45, 7) is -0.553. The molecule has 0 unspecified atom stereocenters. The molecule has 0 aliphatic carbocycles. The monoisotopic (exact) mass is 496 g/mol. The Morgan fingerprint density at radius 3 is 2.11 bits per heavy atom. The normalized spacial score (nSPS) is 12.8. The standard InChI is InChI=1S/C26H24O10/c1-33-21-7-14(19-11-18(31)24-17(30)9-16(29)10-20(24)35-19)8-22(34-2)26(21)36-23(12-27)25(32)13-3-5-15(28)6-4-13/h3-11,23,25,27-30,32H,12H2,1-2H3/t23-,25+/m0/s1. The summed E-state index contributed by atoms with van der Waals surface area (Å²) >= 11 is 0. The van der Waals surface area contributed by atoms with Crippen molar-refractivity contribution < 1.29 is 44.2 Å². The molecule has 2 atom stereocenters. The first-order valence-electron chi connectivity index (χ1n) is 10.8. The van der Waals surface area contributed by atoms with Gasteiger partial charge >= 0.3 is 0 Å². The van der Waals surface area contributed by atoms with Gasteiger partial charge in [0.05, 0.1) is 20.8 Å².